The van der Waals surface area contributed by atoms with Crippen molar-refractivity contribution in [3.63, 3.8) is 0 Å². The maximum atomic E-state index is 11.9. The van der Waals surface area contributed by atoms with Gasteiger partial charge in [0.25, 0.3) is 0 Å². The average Bonchev–Trinajstić information content (AvgIpc) is 3.30. The van der Waals surface area contributed by atoms with E-state index in [0.29, 0.717) is 18.3 Å². The number of phenolic OH excluding ortho intramolecular Hbond substituents is 1. The van der Waals surface area contributed by atoms with Gasteiger partial charge in [0.15, 0.2) is 16.6 Å². The lowest BCUT2D eigenvalue weighted by molar-refractivity contribution is 0.115. The largest absolute Gasteiger partial charge is 0.507 e. The molecule has 2 aromatic rings. The van der Waals surface area contributed by atoms with Crippen LogP contribution in [0, 0.1) is 5.92 Å². The average molecular weight is 531 g/mol. The van der Waals surface area contributed by atoms with Crippen LogP contribution in [0.2, 0.25) is 36.3 Å². The molecule has 1 fully saturated rings. The third-order valence-electron chi connectivity index (χ3n) is 9.21. The van der Waals surface area contributed by atoms with Gasteiger partial charge in [0, 0.05) is 21.9 Å². The first-order valence-corrected chi connectivity index (χ1v) is 19.5. The van der Waals surface area contributed by atoms with Gasteiger partial charge in [-0.15, -0.1) is 0 Å². The molecule has 1 aliphatic carbocycles. The molecule has 0 aliphatic heterocycles. The van der Waals surface area contributed by atoms with Gasteiger partial charge in [0.05, 0.1) is 19.8 Å². The van der Waals surface area contributed by atoms with Gasteiger partial charge in [0.2, 0.25) is 0 Å². The third kappa shape index (κ3) is 5.72. The van der Waals surface area contributed by atoms with Crippen LogP contribution in [-0.4, -0.2) is 28.9 Å². The highest BCUT2D eigenvalue weighted by molar-refractivity contribution is 6.74. The van der Waals surface area contributed by atoms with Crippen LogP contribution in [0.3, 0.4) is 0 Å². The smallest absolute Gasteiger partial charge is 0.192 e. The Labute approximate surface area is 222 Å². The number of ether oxygens (including phenoxy) is 1. The van der Waals surface area contributed by atoms with Crippen LogP contribution in [0.15, 0.2) is 24.3 Å². The Morgan fingerprint density at radius 2 is 1.42 bits per heavy atom. The maximum absolute atomic E-state index is 11.9. The van der Waals surface area contributed by atoms with Crippen LogP contribution < -0.4 is 4.74 Å². The van der Waals surface area contributed by atoms with Gasteiger partial charge >= 0.3 is 0 Å². The van der Waals surface area contributed by atoms with E-state index in [1.165, 1.54) is 12.8 Å². The van der Waals surface area contributed by atoms with Gasteiger partial charge in [-0.2, -0.15) is 0 Å². The first-order valence-electron chi connectivity index (χ1n) is 13.6. The SMILES string of the molecule is COc1c(CO[Si](C)(C)C(C)(C)C)c(C(O[Si](C)(C)C(C)(C)C)C2CCCC2)c(O)c2ccccc12. The molecule has 1 aliphatic rings. The van der Waals surface area contributed by atoms with E-state index >= 15 is 0 Å². The molecule has 0 bridgehead atoms. The van der Waals surface area contributed by atoms with E-state index in [1.54, 1.807) is 7.11 Å². The fourth-order valence-corrected chi connectivity index (χ4v) is 6.99. The summed E-state index contributed by atoms with van der Waals surface area (Å²) in [5.41, 5.74) is 1.84. The number of fused-ring (bicyclic) bond motifs is 1. The van der Waals surface area contributed by atoms with E-state index in [-0.39, 0.29) is 16.2 Å². The molecule has 6 heteroatoms. The van der Waals surface area contributed by atoms with Crippen molar-refractivity contribution in [1.29, 1.82) is 0 Å². The zero-order valence-corrected chi connectivity index (χ0v) is 26.7. The molecule has 1 atom stereocenters. The molecule has 0 spiro atoms. The molecule has 36 heavy (non-hydrogen) atoms. The highest BCUT2D eigenvalue weighted by atomic mass is 28.4. The summed E-state index contributed by atoms with van der Waals surface area (Å²) in [6.07, 6.45) is 4.49. The third-order valence-corrected chi connectivity index (χ3v) is 18.1. The van der Waals surface area contributed by atoms with E-state index in [1.807, 2.05) is 24.3 Å². The predicted octanol–water partition coefficient (Wildman–Crippen LogP) is 9.33. The summed E-state index contributed by atoms with van der Waals surface area (Å²) in [5.74, 6) is 1.51. The van der Waals surface area contributed by atoms with Crippen LogP contribution in [0.4, 0.5) is 0 Å². The lowest BCUT2D eigenvalue weighted by atomic mass is 9.88. The van der Waals surface area contributed by atoms with E-state index in [2.05, 4.69) is 67.7 Å². The predicted molar refractivity (Wildman–Crippen MR) is 157 cm³/mol. The second kappa shape index (κ2) is 10.4. The second-order valence-corrected chi connectivity index (χ2v) is 23.3. The topological polar surface area (TPSA) is 47.9 Å². The Balaban J connectivity index is 2.27. The fraction of sp³-hybridized carbons (Fsp3) is 0.667. The van der Waals surface area contributed by atoms with Gasteiger partial charge in [-0.25, -0.2) is 0 Å². The molecule has 4 nitrogen and oxygen atoms in total. The normalized spacial score (nSPS) is 17.1. The second-order valence-electron chi connectivity index (χ2n) is 13.7. The quantitative estimate of drug-likeness (QED) is 0.345. The molecule has 0 saturated heterocycles. The van der Waals surface area contributed by atoms with E-state index < -0.39 is 16.6 Å². The van der Waals surface area contributed by atoms with Crippen molar-refractivity contribution in [3.8, 4) is 11.5 Å². The van der Waals surface area contributed by atoms with Crippen LogP contribution >= 0.6 is 0 Å². The molecule has 0 heterocycles. The fourth-order valence-electron chi connectivity index (χ4n) is 4.76. The number of phenols is 1. The van der Waals surface area contributed by atoms with Gasteiger partial charge < -0.3 is 18.7 Å². The van der Waals surface area contributed by atoms with E-state index in [9.17, 15) is 5.11 Å². The highest BCUT2D eigenvalue weighted by Crippen LogP contribution is 2.52. The Morgan fingerprint density at radius 3 is 1.92 bits per heavy atom. The summed E-state index contributed by atoms with van der Waals surface area (Å²) in [6, 6.07) is 8.01. The van der Waals surface area contributed by atoms with Crippen molar-refractivity contribution >= 4 is 27.4 Å². The lowest BCUT2D eigenvalue weighted by Crippen LogP contribution is -2.43. The Hall–Kier alpha value is -1.35. The van der Waals surface area contributed by atoms with E-state index in [0.717, 1.165) is 40.5 Å². The Bertz CT molecular complexity index is 1060. The highest BCUT2D eigenvalue weighted by Gasteiger charge is 2.44. The molecular weight excluding hydrogens is 480 g/mol. The number of rotatable bonds is 8. The van der Waals surface area contributed by atoms with Crippen molar-refractivity contribution in [2.75, 3.05) is 7.11 Å². The maximum Gasteiger partial charge on any atom is 0.192 e. The minimum Gasteiger partial charge on any atom is -0.507 e. The lowest BCUT2D eigenvalue weighted by Gasteiger charge is -2.42. The van der Waals surface area contributed by atoms with Crippen molar-refractivity contribution in [3.05, 3.63) is 35.4 Å². The van der Waals surface area contributed by atoms with Gasteiger partial charge in [-0.05, 0) is 55.0 Å². The summed E-state index contributed by atoms with van der Waals surface area (Å²) in [4.78, 5) is 0. The molecule has 3 rings (SSSR count). The number of hydrogen-bond acceptors (Lipinski definition) is 4. The number of benzene rings is 2. The summed E-state index contributed by atoms with van der Waals surface area (Å²) < 4.78 is 20.1. The number of aromatic hydroxyl groups is 1. The van der Waals surface area contributed by atoms with Crippen LogP contribution in [-0.2, 0) is 15.5 Å². The molecule has 0 aromatic heterocycles. The van der Waals surface area contributed by atoms with Gasteiger partial charge in [-0.3, -0.25) is 0 Å². The molecule has 2 aromatic carbocycles. The molecule has 1 unspecified atom stereocenters. The summed E-state index contributed by atoms with van der Waals surface area (Å²) >= 11 is 0. The minimum atomic E-state index is -2.13. The number of methoxy groups -OCH3 is 1. The molecule has 202 valence electrons. The summed E-state index contributed by atoms with van der Waals surface area (Å²) in [5, 5.41) is 13.8. The first-order chi connectivity index (χ1) is 16.5. The monoisotopic (exact) mass is 530 g/mol. The van der Waals surface area contributed by atoms with Crippen LogP contribution in [0.25, 0.3) is 10.8 Å². The zero-order chi connectivity index (χ0) is 27.1. The van der Waals surface area contributed by atoms with Crippen LogP contribution in [0.1, 0.15) is 84.5 Å². The summed E-state index contributed by atoms with van der Waals surface area (Å²) in [6.45, 7) is 23.2. The van der Waals surface area contributed by atoms with E-state index in [4.69, 9.17) is 13.6 Å². The van der Waals surface area contributed by atoms with Crippen molar-refractivity contribution in [1.82, 2.24) is 0 Å². The Kier molecular flexibility index (Phi) is 8.46. The Morgan fingerprint density at radius 1 is 0.889 bits per heavy atom. The van der Waals surface area contributed by atoms with Crippen LogP contribution in [0.5, 0.6) is 11.5 Å². The van der Waals surface area contributed by atoms with Crippen molar-refractivity contribution in [2.45, 2.75) is 116 Å². The van der Waals surface area contributed by atoms with Gasteiger partial charge in [-0.1, -0.05) is 78.6 Å². The molecule has 1 N–H and O–H groups in total. The molecule has 1 saturated carbocycles. The van der Waals surface area contributed by atoms with Crippen molar-refractivity contribution < 1.29 is 18.7 Å². The minimum absolute atomic E-state index is 0.0677. The zero-order valence-electron chi connectivity index (χ0n) is 24.7. The molecule has 0 radical (unpaired) electrons. The standard InChI is InChI=1S/C30H50O4Si2/c1-29(2,3)35(8,9)33-20-24-25(26(31)22-18-14-15-19-23(22)28(24)32-7)27(21-16-12-13-17-21)34-36(10,11)30(4,5)6/h14-15,18-19,21,27,31H,12-13,16-17,20H2,1-11H3. The van der Waals surface area contributed by atoms with Gasteiger partial charge in [0.1, 0.15) is 11.5 Å². The van der Waals surface area contributed by atoms with Crippen molar-refractivity contribution in [2.24, 2.45) is 5.92 Å². The molecule has 0 amide bonds. The number of hydrogen-bond donors (Lipinski definition) is 1. The first kappa shape index (κ1) is 29.2. The summed E-state index contributed by atoms with van der Waals surface area (Å²) in [7, 11) is -2.44. The molecular formula is C30H50O4Si2.